The quantitative estimate of drug-likeness (QED) is 0.587. The molecule has 18 heavy (non-hydrogen) atoms. The molecule has 0 aromatic heterocycles. The molecule has 1 heterocycles. The first-order chi connectivity index (χ1) is 8.65. The van der Waals surface area contributed by atoms with Gasteiger partial charge in [0, 0.05) is 25.6 Å². The largest absolute Gasteiger partial charge is 0.481 e. The first-order valence-electron chi connectivity index (χ1n) is 6.31. The second kappa shape index (κ2) is 7.59. The lowest BCUT2D eigenvalue weighted by Crippen LogP contribution is -2.49. The number of amides is 2. The van der Waals surface area contributed by atoms with Crippen LogP contribution in [0.3, 0.4) is 0 Å². The lowest BCUT2D eigenvalue weighted by Gasteiger charge is -2.34. The predicted octanol–water partition coefficient (Wildman–Crippen LogP) is 1.44. The zero-order valence-corrected chi connectivity index (χ0v) is 10.7. The van der Waals surface area contributed by atoms with E-state index >= 15 is 0 Å². The highest BCUT2D eigenvalue weighted by Crippen LogP contribution is 2.19. The van der Waals surface area contributed by atoms with Crippen LogP contribution < -0.4 is 5.32 Å². The molecule has 0 spiro atoms. The van der Waals surface area contributed by atoms with Crippen molar-refractivity contribution in [2.24, 2.45) is 0 Å². The van der Waals surface area contributed by atoms with Gasteiger partial charge in [0.15, 0.2) is 0 Å². The van der Waals surface area contributed by atoms with Crippen LogP contribution in [0.2, 0.25) is 0 Å². The summed E-state index contributed by atoms with van der Waals surface area (Å²) >= 11 is 0. The van der Waals surface area contributed by atoms with Gasteiger partial charge in [0.2, 0.25) is 0 Å². The van der Waals surface area contributed by atoms with E-state index in [0.717, 1.165) is 19.3 Å². The number of hydrogen-bond acceptors (Lipinski definition) is 2. The summed E-state index contributed by atoms with van der Waals surface area (Å²) in [6.45, 7) is 2.91. The van der Waals surface area contributed by atoms with E-state index in [4.69, 9.17) is 5.11 Å². The Morgan fingerprint density at radius 2 is 2.22 bits per heavy atom. The van der Waals surface area contributed by atoms with Crippen LogP contribution in [0.25, 0.3) is 0 Å². The number of carboxylic acids is 1. The van der Waals surface area contributed by atoms with Gasteiger partial charge in [0.25, 0.3) is 0 Å². The highest BCUT2D eigenvalue weighted by molar-refractivity contribution is 5.76. The molecule has 1 rings (SSSR count). The highest BCUT2D eigenvalue weighted by Gasteiger charge is 2.27. The SMILES string of the molecule is CC#CCCNC(=O)N1CCCCC1CC(=O)O. The molecule has 0 aliphatic carbocycles. The molecular weight excluding hydrogens is 232 g/mol. The minimum atomic E-state index is -0.850. The lowest BCUT2D eigenvalue weighted by molar-refractivity contribution is -0.138. The molecule has 1 aliphatic rings. The minimum Gasteiger partial charge on any atom is -0.481 e. The van der Waals surface area contributed by atoms with Crippen molar-refractivity contribution in [3.8, 4) is 11.8 Å². The Morgan fingerprint density at radius 3 is 2.89 bits per heavy atom. The van der Waals surface area contributed by atoms with Crippen LogP contribution in [-0.4, -0.2) is 41.1 Å². The molecule has 2 amide bonds. The number of piperidine rings is 1. The van der Waals surface area contributed by atoms with Crippen LogP contribution in [-0.2, 0) is 4.79 Å². The lowest BCUT2D eigenvalue weighted by atomic mass is 10.00. The fourth-order valence-corrected chi connectivity index (χ4v) is 2.14. The molecule has 0 radical (unpaired) electrons. The first kappa shape index (κ1) is 14.4. The summed E-state index contributed by atoms with van der Waals surface area (Å²) in [7, 11) is 0. The summed E-state index contributed by atoms with van der Waals surface area (Å²) in [4.78, 5) is 24.3. The number of nitrogens with zero attached hydrogens (tertiary/aromatic N) is 1. The molecule has 1 atom stereocenters. The molecule has 100 valence electrons. The second-order valence-electron chi connectivity index (χ2n) is 4.35. The van der Waals surface area contributed by atoms with Crippen molar-refractivity contribution in [3.05, 3.63) is 0 Å². The monoisotopic (exact) mass is 252 g/mol. The van der Waals surface area contributed by atoms with Crippen LogP contribution in [0.4, 0.5) is 4.79 Å². The molecule has 5 heteroatoms. The van der Waals surface area contributed by atoms with Crippen LogP contribution in [0, 0.1) is 11.8 Å². The molecular formula is C13H20N2O3. The summed E-state index contributed by atoms with van der Waals surface area (Å²) < 4.78 is 0. The molecule has 0 aromatic rings. The molecule has 2 N–H and O–H groups in total. The number of likely N-dealkylation sites (tertiary alicyclic amines) is 1. The van der Waals surface area contributed by atoms with E-state index in [0.29, 0.717) is 19.5 Å². The normalized spacial score (nSPS) is 18.7. The van der Waals surface area contributed by atoms with Gasteiger partial charge in [-0.2, -0.15) is 0 Å². The zero-order chi connectivity index (χ0) is 13.4. The highest BCUT2D eigenvalue weighted by atomic mass is 16.4. The van der Waals surface area contributed by atoms with Gasteiger partial charge in [-0.1, -0.05) is 0 Å². The number of carboxylic acid groups (broad SMARTS) is 1. The summed E-state index contributed by atoms with van der Waals surface area (Å²) in [6.07, 6.45) is 3.36. The molecule has 0 saturated carbocycles. The van der Waals surface area contributed by atoms with Crippen molar-refractivity contribution in [3.63, 3.8) is 0 Å². The number of hydrogen-bond donors (Lipinski definition) is 2. The maximum absolute atomic E-state index is 11.9. The standard InChI is InChI=1S/C13H20N2O3/c1-2-3-5-8-14-13(18)15-9-6-4-7-11(15)10-12(16)17/h11H,4-10H2,1H3,(H,14,18)(H,16,17). The average Bonchev–Trinajstić information content (AvgIpc) is 2.34. The molecule has 0 bridgehead atoms. The summed E-state index contributed by atoms with van der Waals surface area (Å²) in [5.74, 6) is 4.79. The van der Waals surface area contributed by atoms with Crippen molar-refractivity contribution in [1.82, 2.24) is 10.2 Å². The Morgan fingerprint density at radius 1 is 1.44 bits per heavy atom. The van der Waals surface area contributed by atoms with E-state index in [1.165, 1.54) is 0 Å². The van der Waals surface area contributed by atoms with Gasteiger partial charge < -0.3 is 15.3 Å². The van der Waals surface area contributed by atoms with Gasteiger partial charge in [-0.3, -0.25) is 4.79 Å². The third-order valence-electron chi connectivity index (χ3n) is 3.00. The zero-order valence-electron chi connectivity index (χ0n) is 10.7. The Kier molecular flexibility index (Phi) is 6.06. The van der Waals surface area contributed by atoms with E-state index < -0.39 is 5.97 Å². The van der Waals surface area contributed by atoms with Crippen molar-refractivity contribution in [2.45, 2.75) is 45.1 Å². The van der Waals surface area contributed by atoms with Gasteiger partial charge in [-0.15, -0.1) is 11.8 Å². The van der Waals surface area contributed by atoms with Crippen molar-refractivity contribution >= 4 is 12.0 Å². The predicted molar refractivity (Wildman–Crippen MR) is 68.1 cm³/mol. The third kappa shape index (κ3) is 4.66. The van der Waals surface area contributed by atoms with E-state index in [-0.39, 0.29) is 18.5 Å². The Bertz CT molecular complexity index is 357. The van der Waals surface area contributed by atoms with Crippen LogP contribution in [0.5, 0.6) is 0 Å². The number of carbonyl (C=O) groups excluding carboxylic acids is 1. The molecule has 0 aromatic carbocycles. The average molecular weight is 252 g/mol. The van der Waals surface area contributed by atoms with Gasteiger partial charge >= 0.3 is 12.0 Å². The van der Waals surface area contributed by atoms with Gasteiger partial charge in [0.05, 0.1) is 6.42 Å². The van der Waals surface area contributed by atoms with E-state index in [1.54, 1.807) is 11.8 Å². The number of urea groups is 1. The molecule has 1 aliphatic heterocycles. The third-order valence-corrected chi connectivity index (χ3v) is 3.00. The summed E-state index contributed by atoms with van der Waals surface area (Å²) in [5.41, 5.74) is 0. The van der Waals surface area contributed by atoms with Gasteiger partial charge in [0.1, 0.15) is 0 Å². The van der Waals surface area contributed by atoms with Crippen molar-refractivity contribution < 1.29 is 14.7 Å². The van der Waals surface area contributed by atoms with E-state index in [9.17, 15) is 9.59 Å². The Hall–Kier alpha value is -1.70. The van der Waals surface area contributed by atoms with E-state index in [2.05, 4.69) is 17.2 Å². The number of nitrogens with one attached hydrogen (secondary N) is 1. The van der Waals surface area contributed by atoms with Gasteiger partial charge in [-0.25, -0.2) is 4.79 Å². The number of aliphatic carboxylic acids is 1. The second-order valence-corrected chi connectivity index (χ2v) is 4.35. The molecule has 1 fully saturated rings. The summed E-state index contributed by atoms with van der Waals surface area (Å²) in [6, 6.07) is -0.340. The number of carbonyl (C=O) groups is 2. The Labute approximate surface area is 108 Å². The molecule has 5 nitrogen and oxygen atoms in total. The smallest absolute Gasteiger partial charge is 0.317 e. The minimum absolute atomic E-state index is 0.0299. The Balaban J connectivity index is 2.45. The van der Waals surface area contributed by atoms with Crippen LogP contribution in [0.15, 0.2) is 0 Å². The van der Waals surface area contributed by atoms with Crippen molar-refractivity contribution in [1.29, 1.82) is 0 Å². The van der Waals surface area contributed by atoms with Crippen LogP contribution in [0.1, 0.15) is 39.0 Å². The maximum atomic E-state index is 11.9. The van der Waals surface area contributed by atoms with E-state index in [1.807, 2.05) is 0 Å². The van der Waals surface area contributed by atoms with Crippen LogP contribution >= 0.6 is 0 Å². The fourth-order valence-electron chi connectivity index (χ4n) is 2.14. The molecule has 1 unspecified atom stereocenters. The van der Waals surface area contributed by atoms with Gasteiger partial charge in [-0.05, 0) is 26.2 Å². The first-order valence-corrected chi connectivity index (χ1v) is 6.31. The summed E-state index contributed by atoms with van der Waals surface area (Å²) in [5, 5.41) is 11.6. The maximum Gasteiger partial charge on any atom is 0.317 e. The topological polar surface area (TPSA) is 69.6 Å². The fraction of sp³-hybridized carbons (Fsp3) is 0.692. The number of rotatable bonds is 4. The van der Waals surface area contributed by atoms with Crippen molar-refractivity contribution in [2.75, 3.05) is 13.1 Å². The molecule has 1 saturated heterocycles.